The van der Waals surface area contributed by atoms with Gasteiger partial charge in [0.05, 0.1) is 19.3 Å². The molecule has 0 bridgehead atoms. The van der Waals surface area contributed by atoms with Gasteiger partial charge in [0.25, 0.3) is 0 Å². The Kier molecular flexibility index (Phi) is 8.02. The molecule has 0 saturated carbocycles. The Morgan fingerprint density at radius 2 is 2.43 bits per heavy atom. The number of ether oxygens (including phenoxy) is 1. The molecule has 2 rings (SSSR count). The molecule has 0 spiro atoms. The highest BCUT2D eigenvalue weighted by Crippen LogP contribution is 2.13. The molecule has 120 valence electrons. The van der Waals surface area contributed by atoms with E-state index in [9.17, 15) is 0 Å². The van der Waals surface area contributed by atoms with Crippen molar-refractivity contribution in [3.05, 3.63) is 18.0 Å². The van der Waals surface area contributed by atoms with Crippen LogP contribution < -0.4 is 5.32 Å². The van der Waals surface area contributed by atoms with Gasteiger partial charge in [-0.05, 0) is 18.9 Å². The summed E-state index contributed by atoms with van der Waals surface area (Å²) < 4.78 is 7.36. The summed E-state index contributed by atoms with van der Waals surface area (Å²) in [5.41, 5.74) is 1.19. The fourth-order valence-corrected chi connectivity index (χ4v) is 2.46. The van der Waals surface area contributed by atoms with Crippen molar-refractivity contribution in [3.63, 3.8) is 0 Å². The minimum atomic E-state index is 0. The number of aromatic nitrogens is 2. The molecule has 0 radical (unpaired) electrons. The summed E-state index contributed by atoms with van der Waals surface area (Å²) in [7, 11) is 3.90. The standard InChI is InChI=1S/C14H25N5O.HI/c1-12-8-17-19(9-12)6-5-16-14(15-2)18(3)10-13-4-7-20-11-13;/h8-9,13H,4-7,10-11H2,1-3H3,(H,15,16);1H. The average Bonchev–Trinajstić information content (AvgIpc) is 3.06. The number of hydrogen-bond donors (Lipinski definition) is 1. The van der Waals surface area contributed by atoms with Crippen molar-refractivity contribution in [2.24, 2.45) is 10.9 Å². The van der Waals surface area contributed by atoms with Crippen LogP contribution in [-0.2, 0) is 11.3 Å². The zero-order valence-corrected chi connectivity index (χ0v) is 15.4. The van der Waals surface area contributed by atoms with Crippen LogP contribution in [0.5, 0.6) is 0 Å². The quantitative estimate of drug-likeness (QED) is 0.455. The van der Waals surface area contributed by atoms with Gasteiger partial charge in [0, 0.05) is 45.9 Å². The van der Waals surface area contributed by atoms with E-state index in [-0.39, 0.29) is 24.0 Å². The van der Waals surface area contributed by atoms with Crippen molar-refractivity contribution in [2.45, 2.75) is 19.9 Å². The van der Waals surface area contributed by atoms with E-state index in [0.29, 0.717) is 5.92 Å². The van der Waals surface area contributed by atoms with Gasteiger partial charge in [-0.3, -0.25) is 9.67 Å². The Morgan fingerprint density at radius 3 is 3.00 bits per heavy atom. The molecule has 0 amide bonds. The molecule has 0 aromatic carbocycles. The van der Waals surface area contributed by atoms with Crippen LogP contribution in [-0.4, -0.2) is 61.0 Å². The number of halogens is 1. The van der Waals surface area contributed by atoms with E-state index in [4.69, 9.17) is 4.74 Å². The maximum absolute atomic E-state index is 5.41. The largest absolute Gasteiger partial charge is 0.381 e. The molecule has 7 heteroatoms. The van der Waals surface area contributed by atoms with Gasteiger partial charge < -0.3 is 15.0 Å². The Morgan fingerprint density at radius 1 is 1.62 bits per heavy atom. The summed E-state index contributed by atoms with van der Waals surface area (Å²) in [4.78, 5) is 6.50. The monoisotopic (exact) mass is 407 g/mol. The number of aliphatic imine (C=N–C) groups is 1. The Balaban J connectivity index is 0.00000220. The van der Waals surface area contributed by atoms with E-state index in [1.54, 1.807) is 0 Å². The number of guanidine groups is 1. The second-order valence-electron chi connectivity index (χ2n) is 5.36. The second kappa shape index (κ2) is 9.24. The summed E-state index contributed by atoms with van der Waals surface area (Å²) in [6, 6.07) is 0. The Labute approximate surface area is 144 Å². The van der Waals surface area contributed by atoms with E-state index in [2.05, 4.69) is 27.4 Å². The minimum Gasteiger partial charge on any atom is -0.381 e. The second-order valence-corrected chi connectivity index (χ2v) is 5.36. The zero-order valence-electron chi connectivity index (χ0n) is 13.1. The minimum absolute atomic E-state index is 0. The van der Waals surface area contributed by atoms with Crippen LogP contribution >= 0.6 is 24.0 Å². The third kappa shape index (κ3) is 5.82. The molecule has 6 nitrogen and oxygen atoms in total. The summed E-state index contributed by atoms with van der Waals surface area (Å²) in [6.45, 7) is 6.46. The number of nitrogens with zero attached hydrogens (tertiary/aromatic N) is 4. The predicted molar refractivity (Wildman–Crippen MR) is 95.3 cm³/mol. The van der Waals surface area contributed by atoms with Gasteiger partial charge in [-0.1, -0.05) is 0 Å². The third-order valence-electron chi connectivity index (χ3n) is 3.52. The first-order chi connectivity index (χ1) is 9.69. The lowest BCUT2D eigenvalue weighted by molar-refractivity contribution is 0.181. The van der Waals surface area contributed by atoms with E-state index in [0.717, 1.165) is 45.2 Å². The lowest BCUT2D eigenvalue weighted by Crippen LogP contribution is -2.42. The van der Waals surface area contributed by atoms with Crippen LogP contribution in [0.15, 0.2) is 17.4 Å². The number of nitrogens with one attached hydrogen (secondary N) is 1. The van der Waals surface area contributed by atoms with E-state index in [1.165, 1.54) is 5.56 Å². The van der Waals surface area contributed by atoms with Crippen LogP contribution in [0.4, 0.5) is 0 Å². The first kappa shape index (κ1) is 18.2. The predicted octanol–water partition coefficient (Wildman–Crippen LogP) is 1.35. The normalized spacial score (nSPS) is 18.4. The first-order valence-electron chi connectivity index (χ1n) is 7.17. The van der Waals surface area contributed by atoms with E-state index < -0.39 is 0 Å². The van der Waals surface area contributed by atoms with Crippen LogP contribution in [0, 0.1) is 12.8 Å². The molecule has 1 fully saturated rings. The lowest BCUT2D eigenvalue weighted by Gasteiger charge is -2.24. The first-order valence-corrected chi connectivity index (χ1v) is 7.17. The van der Waals surface area contributed by atoms with Crippen LogP contribution in [0.3, 0.4) is 0 Å². The lowest BCUT2D eigenvalue weighted by atomic mass is 10.1. The molecule has 1 unspecified atom stereocenters. The highest BCUT2D eigenvalue weighted by Gasteiger charge is 2.18. The molecular weight excluding hydrogens is 381 g/mol. The molecule has 1 aliphatic heterocycles. The molecule has 2 heterocycles. The fraction of sp³-hybridized carbons (Fsp3) is 0.714. The molecule has 1 aliphatic rings. The number of hydrogen-bond acceptors (Lipinski definition) is 3. The molecule has 1 aromatic heterocycles. The van der Waals surface area contributed by atoms with Crippen molar-refractivity contribution in [3.8, 4) is 0 Å². The van der Waals surface area contributed by atoms with E-state index in [1.807, 2.05) is 31.0 Å². The van der Waals surface area contributed by atoms with Crippen molar-refractivity contribution in [1.82, 2.24) is 20.0 Å². The smallest absolute Gasteiger partial charge is 0.193 e. The Hall–Kier alpha value is -0.830. The molecule has 1 aromatic rings. The van der Waals surface area contributed by atoms with Crippen molar-refractivity contribution in [1.29, 1.82) is 0 Å². The summed E-state index contributed by atoms with van der Waals surface area (Å²) in [5.74, 6) is 1.55. The van der Waals surface area contributed by atoms with Gasteiger partial charge >= 0.3 is 0 Å². The summed E-state index contributed by atoms with van der Waals surface area (Å²) in [5, 5.41) is 7.65. The molecule has 1 saturated heterocycles. The van der Waals surface area contributed by atoms with Crippen molar-refractivity contribution < 1.29 is 4.74 Å². The van der Waals surface area contributed by atoms with Gasteiger partial charge in [0.2, 0.25) is 0 Å². The average molecular weight is 407 g/mol. The van der Waals surface area contributed by atoms with Crippen LogP contribution in [0.2, 0.25) is 0 Å². The van der Waals surface area contributed by atoms with E-state index >= 15 is 0 Å². The van der Waals surface area contributed by atoms with Crippen LogP contribution in [0.1, 0.15) is 12.0 Å². The molecule has 1 atom stereocenters. The van der Waals surface area contributed by atoms with Gasteiger partial charge in [0.15, 0.2) is 5.96 Å². The van der Waals surface area contributed by atoms with Gasteiger partial charge in [-0.15, -0.1) is 24.0 Å². The number of rotatable bonds is 5. The zero-order chi connectivity index (χ0) is 14.4. The summed E-state index contributed by atoms with van der Waals surface area (Å²) >= 11 is 0. The van der Waals surface area contributed by atoms with Gasteiger partial charge in [0.1, 0.15) is 0 Å². The SMILES string of the molecule is CN=C(NCCn1cc(C)cn1)N(C)CC1CCOC1.I. The van der Waals surface area contributed by atoms with Crippen molar-refractivity contribution in [2.75, 3.05) is 40.4 Å². The van der Waals surface area contributed by atoms with Gasteiger partial charge in [-0.2, -0.15) is 5.10 Å². The fourth-order valence-electron chi connectivity index (χ4n) is 2.46. The third-order valence-corrected chi connectivity index (χ3v) is 3.52. The van der Waals surface area contributed by atoms with Gasteiger partial charge in [-0.25, -0.2) is 0 Å². The highest BCUT2D eigenvalue weighted by atomic mass is 127. The topological polar surface area (TPSA) is 54.7 Å². The molecular formula is C14H26IN5O. The molecule has 1 N–H and O–H groups in total. The van der Waals surface area contributed by atoms with Crippen molar-refractivity contribution >= 4 is 29.9 Å². The number of aryl methyl sites for hydroxylation is 1. The molecule has 0 aliphatic carbocycles. The Bertz CT molecular complexity index is 442. The maximum Gasteiger partial charge on any atom is 0.193 e. The molecule has 21 heavy (non-hydrogen) atoms. The summed E-state index contributed by atoms with van der Waals surface area (Å²) in [6.07, 6.45) is 5.07. The highest BCUT2D eigenvalue weighted by molar-refractivity contribution is 14.0. The van der Waals surface area contributed by atoms with Crippen LogP contribution in [0.25, 0.3) is 0 Å². The maximum atomic E-state index is 5.41.